The highest BCUT2D eigenvalue weighted by Crippen LogP contribution is 2.31. The van der Waals surface area contributed by atoms with Crippen LogP contribution in [-0.4, -0.2) is 37.5 Å². The molecule has 0 saturated carbocycles. The Morgan fingerprint density at radius 1 is 0.875 bits per heavy atom. The van der Waals surface area contributed by atoms with Gasteiger partial charge in [0, 0.05) is 32.2 Å². The lowest BCUT2D eigenvalue weighted by molar-refractivity contribution is -0.116. The molecule has 0 aromatic heterocycles. The third-order valence-electron chi connectivity index (χ3n) is 4.67. The molecule has 3 aromatic carbocycles. The molecule has 3 rings (SSSR count). The highest BCUT2D eigenvalue weighted by atomic mass is 16.5. The van der Waals surface area contributed by atoms with Crippen LogP contribution in [-0.2, 0) is 11.3 Å². The van der Waals surface area contributed by atoms with Crippen LogP contribution in [0.25, 0.3) is 0 Å². The van der Waals surface area contributed by atoms with Crippen molar-refractivity contribution in [2.24, 2.45) is 0 Å². The van der Waals surface area contributed by atoms with Crippen molar-refractivity contribution in [2.45, 2.75) is 13.0 Å². The third-order valence-corrected chi connectivity index (χ3v) is 4.67. The van der Waals surface area contributed by atoms with Crippen LogP contribution in [0.5, 0.6) is 17.2 Å². The summed E-state index contributed by atoms with van der Waals surface area (Å²) in [4.78, 5) is 25.9. The van der Waals surface area contributed by atoms with Gasteiger partial charge in [0.05, 0.1) is 7.11 Å². The number of methoxy groups -OCH3 is 1. The molecule has 0 saturated heterocycles. The van der Waals surface area contributed by atoms with Crippen LogP contribution in [0, 0.1) is 0 Å². The van der Waals surface area contributed by atoms with Crippen LogP contribution in [0.15, 0.2) is 78.9 Å². The van der Waals surface area contributed by atoms with Gasteiger partial charge in [0.2, 0.25) is 5.91 Å². The SMILES string of the molecule is COc1ccccc1Oc1ccc(NC(=O)CCNC(=O)N(C)Cc2ccccc2)cc1. The van der Waals surface area contributed by atoms with E-state index in [4.69, 9.17) is 9.47 Å². The first-order valence-electron chi connectivity index (χ1n) is 10.3. The third kappa shape index (κ3) is 6.77. The highest BCUT2D eigenvalue weighted by molar-refractivity contribution is 5.91. The fraction of sp³-hybridized carbons (Fsp3) is 0.200. The molecular weight excluding hydrogens is 406 g/mol. The van der Waals surface area contributed by atoms with E-state index in [0.717, 1.165) is 5.56 Å². The molecule has 0 unspecified atom stereocenters. The molecule has 0 aliphatic heterocycles. The molecule has 0 spiro atoms. The minimum atomic E-state index is -0.223. The summed E-state index contributed by atoms with van der Waals surface area (Å²) in [6, 6.07) is 23.9. The summed E-state index contributed by atoms with van der Waals surface area (Å²) in [6.45, 7) is 0.751. The van der Waals surface area contributed by atoms with E-state index in [-0.39, 0.29) is 24.9 Å². The maximum Gasteiger partial charge on any atom is 0.317 e. The number of anilines is 1. The number of amides is 3. The van der Waals surface area contributed by atoms with Crippen molar-refractivity contribution in [3.8, 4) is 17.2 Å². The molecule has 2 N–H and O–H groups in total. The van der Waals surface area contributed by atoms with Crippen molar-refractivity contribution in [2.75, 3.05) is 26.0 Å². The van der Waals surface area contributed by atoms with Crippen molar-refractivity contribution in [1.82, 2.24) is 10.2 Å². The van der Waals surface area contributed by atoms with Gasteiger partial charge in [0.1, 0.15) is 5.75 Å². The molecule has 32 heavy (non-hydrogen) atoms. The number of urea groups is 1. The van der Waals surface area contributed by atoms with Crippen LogP contribution >= 0.6 is 0 Å². The summed E-state index contributed by atoms with van der Waals surface area (Å²) in [5, 5.41) is 5.58. The first-order valence-corrected chi connectivity index (χ1v) is 10.3. The number of hydrogen-bond acceptors (Lipinski definition) is 4. The summed E-state index contributed by atoms with van der Waals surface area (Å²) in [5.41, 5.74) is 1.69. The summed E-state index contributed by atoms with van der Waals surface area (Å²) in [7, 11) is 3.31. The van der Waals surface area contributed by atoms with Crippen molar-refractivity contribution >= 4 is 17.6 Å². The number of hydrogen-bond donors (Lipinski definition) is 2. The topological polar surface area (TPSA) is 79.9 Å². The van der Waals surface area contributed by atoms with E-state index in [0.29, 0.717) is 29.5 Å². The maximum atomic E-state index is 12.2. The maximum absolute atomic E-state index is 12.2. The number of para-hydroxylation sites is 2. The number of rotatable bonds is 9. The van der Waals surface area contributed by atoms with Crippen LogP contribution in [0.2, 0.25) is 0 Å². The van der Waals surface area contributed by atoms with E-state index in [1.165, 1.54) is 0 Å². The molecule has 0 aliphatic rings. The van der Waals surface area contributed by atoms with E-state index in [2.05, 4.69) is 10.6 Å². The molecule has 0 bridgehead atoms. The second kappa shape index (κ2) is 11.4. The molecule has 7 nitrogen and oxygen atoms in total. The fourth-order valence-corrected chi connectivity index (χ4v) is 3.01. The lowest BCUT2D eigenvalue weighted by atomic mass is 10.2. The number of ether oxygens (including phenoxy) is 2. The van der Waals surface area contributed by atoms with Gasteiger partial charge in [0.15, 0.2) is 11.5 Å². The Kier molecular flexibility index (Phi) is 8.09. The highest BCUT2D eigenvalue weighted by Gasteiger charge is 2.10. The molecule has 0 aliphatic carbocycles. The number of carbonyl (C=O) groups excluding carboxylic acids is 2. The van der Waals surface area contributed by atoms with Gasteiger partial charge < -0.3 is 25.0 Å². The summed E-state index contributed by atoms with van der Waals surface area (Å²) < 4.78 is 11.1. The molecular formula is C25H27N3O4. The van der Waals surface area contributed by atoms with Crippen LogP contribution < -0.4 is 20.1 Å². The average Bonchev–Trinajstić information content (AvgIpc) is 2.81. The molecule has 0 fully saturated rings. The number of nitrogens with one attached hydrogen (secondary N) is 2. The van der Waals surface area contributed by atoms with E-state index >= 15 is 0 Å². The van der Waals surface area contributed by atoms with Crippen molar-refractivity contribution in [1.29, 1.82) is 0 Å². The Balaban J connectivity index is 1.41. The quantitative estimate of drug-likeness (QED) is 0.514. The van der Waals surface area contributed by atoms with Gasteiger partial charge in [-0.3, -0.25) is 4.79 Å². The monoisotopic (exact) mass is 433 g/mol. The standard InChI is InChI=1S/C25H27N3O4/c1-28(18-19-8-4-3-5-9-19)25(30)26-17-16-24(29)27-20-12-14-21(15-13-20)32-23-11-7-6-10-22(23)31-2/h3-15H,16-18H2,1-2H3,(H,26,30)(H,27,29). The second-order valence-corrected chi connectivity index (χ2v) is 7.15. The smallest absolute Gasteiger partial charge is 0.317 e. The van der Waals surface area contributed by atoms with Crippen LogP contribution in [0.1, 0.15) is 12.0 Å². The zero-order valence-electron chi connectivity index (χ0n) is 18.2. The average molecular weight is 434 g/mol. The van der Waals surface area contributed by atoms with Gasteiger partial charge in [-0.1, -0.05) is 42.5 Å². The predicted molar refractivity (Wildman–Crippen MR) is 124 cm³/mol. The molecule has 0 atom stereocenters. The van der Waals surface area contributed by atoms with Crippen molar-refractivity contribution < 1.29 is 19.1 Å². The molecule has 166 valence electrons. The van der Waals surface area contributed by atoms with Crippen molar-refractivity contribution in [3.05, 3.63) is 84.4 Å². The minimum absolute atomic E-state index is 0.171. The molecule has 0 heterocycles. The summed E-state index contributed by atoms with van der Waals surface area (Å²) in [5.74, 6) is 1.69. The number of nitrogens with zero attached hydrogens (tertiary/aromatic N) is 1. The number of carbonyl (C=O) groups is 2. The normalized spacial score (nSPS) is 10.2. The summed E-state index contributed by atoms with van der Waals surface area (Å²) >= 11 is 0. The minimum Gasteiger partial charge on any atom is -0.493 e. The van der Waals surface area contributed by atoms with Gasteiger partial charge in [0.25, 0.3) is 0 Å². The lowest BCUT2D eigenvalue weighted by Gasteiger charge is -2.18. The van der Waals surface area contributed by atoms with Gasteiger partial charge in [-0.25, -0.2) is 4.79 Å². The Morgan fingerprint density at radius 3 is 2.22 bits per heavy atom. The first-order chi connectivity index (χ1) is 15.5. The van der Waals surface area contributed by atoms with Gasteiger partial charge in [-0.15, -0.1) is 0 Å². The second-order valence-electron chi connectivity index (χ2n) is 7.15. The Hall–Kier alpha value is -4.00. The number of benzene rings is 3. The first kappa shape index (κ1) is 22.7. The Bertz CT molecular complexity index is 1020. The van der Waals surface area contributed by atoms with E-state index < -0.39 is 0 Å². The predicted octanol–water partition coefficient (Wildman–Crippen LogP) is 4.66. The van der Waals surface area contributed by atoms with Crippen LogP contribution in [0.4, 0.5) is 10.5 Å². The lowest BCUT2D eigenvalue weighted by Crippen LogP contribution is -2.38. The van der Waals surface area contributed by atoms with Gasteiger partial charge in [-0.05, 0) is 42.0 Å². The Labute approximate surface area is 188 Å². The van der Waals surface area contributed by atoms with Gasteiger partial charge in [-0.2, -0.15) is 0 Å². The van der Waals surface area contributed by atoms with Crippen molar-refractivity contribution in [3.63, 3.8) is 0 Å². The van der Waals surface area contributed by atoms with E-state index in [1.54, 1.807) is 43.3 Å². The van der Waals surface area contributed by atoms with Gasteiger partial charge >= 0.3 is 6.03 Å². The van der Waals surface area contributed by atoms with E-state index in [1.807, 2.05) is 54.6 Å². The van der Waals surface area contributed by atoms with E-state index in [9.17, 15) is 9.59 Å². The molecule has 7 heteroatoms. The van der Waals surface area contributed by atoms with Crippen LogP contribution in [0.3, 0.4) is 0 Å². The largest absolute Gasteiger partial charge is 0.493 e. The molecule has 0 radical (unpaired) electrons. The summed E-state index contributed by atoms with van der Waals surface area (Å²) in [6.07, 6.45) is 0.171. The zero-order chi connectivity index (χ0) is 22.8. The Morgan fingerprint density at radius 2 is 1.53 bits per heavy atom. The zero-order valence-corrected chi connectivity index (χ0v) is 18.2. The fourth-order valence-electron chi connectivity index (χ4n) is 3.01. The molecule has 3 amide bonds. The molecule has 3 aromatic rings.